The predicted molar refractivity (Wildman–Crippen MR) is 56.6 cm³/mol. The summed E-state index contributed by atoms with van der Waals surface area (Å²) < 4.78 is 13.0. The van der Waals surface area contributed by atoms with Crippen LogP contribution < -0.4 is 0 Å². The van der Waals surface area contributed by atoms with E-state index in [1.165, 1.54) is 24.5 Å². The number of carbonyl (C=O) groups excluding carboxylic acids is 1. The van der Waals surface area contributed by atoms with Gasteiger partial charge >= 0.3 is 0 Å². The van der Waals surface area contributed by atoms with Crippen LogP contribution in [0.3, 0.4) is 0 Å². The van der Waals surface area contributed by atoms with Gasteiger partial charge in [0.1, 0.15) is 5.82 Å². The number of hydrogen-bond donors (Lipinski definition) is 0. The van der Waals surface area contributed by atoms with Crippen molar-refractivity contribution in [2.45, 2.75) is 6.92 Å². The molecule has 0 bridgehead atoms. The summed E-state index contributed by atoms with van der Waals surface area (Å²) >= 11 is 0. The smallest absolute Gasteiger partial charge is 0.195 e. The summed E-state index contributed by atoms with van der Waals surface area (Å²) in [4.78, 5) is 12.0. The fourth-order valence-corrected chi connectivity index (χ4v) is 1.42. The summed E-state index contributed by atoms with van der Waals surface area (Å²) in [5.41, 5.74) is 1.50. The summed E-state index contributed by atoms with van der Waals surface area (Å²) in [5, 5.41) is 7.20. The highest BCUT2D eigenvalue weighted by molar-refractivity contribution is 6.09. The first-order chi connectivity index (χ1) is 7.68. The Labute approximate surface area is 92.0 Å². The fourth-order valence-electron chi connectivity index (χ4n) is 1.42. The highest BCUT2D eigenvalue weighted by Gasteiger charge is 2.12. The molecule has 0 atom stereocenters. The molecule has 0 aliphatic heterocycles. The summed E-state index contributed by atoms with van der Waals surface area (Å²) in [7, 11) is 0. The second-order valence-corrected chi connectivity index (χ2v) is 3.42. The maximum atomic E-state index is 13.0. The Bertz CT molecular complexity index is 526. The molecule has 16 heavy (non-hydrogen) atoms. The molecule has 0 amide bonds. The molecule has 0 N–H and O–H groups in total. The number of carbonyl (C=O) groups is 1. The van der Waals surface area contributed by atoms with Gasteiger partial charge in [-0.1, -0.05) is 6.07 Å². The van der Waals surface area contributed by atoms with Gasteiger partial charge in [0, 0.05) is 11.1 Å². The number of benzene rings is 1. The molecule has 3 nitrogen and oxygen atoms in total. The molecule has 2 rings (SSSR count). The van der Waals surface area contributed by atoms with Crippen LogP contribution in [-0.4, -0.2) is 16.0 Å². The van der Waals surface area contributed by atoms with E-state index < -0.39 is 5.82 Å². The number of halogens is 1. The van der Waals surface area contributed by atoms with Crippen LogP contribution >= 0.6 is 0 Å². The lowest BCUT2D eigenvalue weighted by Crippen LogP contribution is -2.05. The van der Waals surface area contributed by atoms with Crippen LogP contribution in [0, 0.1) is 12.7 Å². The number of nitrogens with zero attached hydrogens (tertiary/aromatic N) is 2. The molecule has 0 aliphatic carbocycles. The van der Waals surface area contributed by atoms with E-state index in [9.17, 15) is 9.18 Å². The summed E-state index contributed by atoms with van der Waals surface area (Å²) in [6.45, 7) is 1.77. The molecule has 1 aromatic carbocycles. The van der Waals surface area contributed by atoms with Crippen molar-refractivity contribution in [3.05, 3.63) is 59.2 Å². The predicted octanol–water partition coefficient (Wildman–Crippen LogP) is 2.16. The topological polar surface area (TPSA) is 42.9 Å². The molecule has 1 heterocycles. The first kappa shape index (κ1) is 10.4. The first-order valence-electron chi connectivity index (χ1n) is 4.76. The second kappa shape index (κ2) is 4.18. The summed E-state index contributed by atoms with van der Waals surface area (Å²) in [6, 6.07) is 5.70. The second-order valence-electron chi connectivity index (χ2n) is 3.42. The van der Waals surface area contributed by atoms with Gasteiger partial charge in [-0.2, -0.15) is 10.2 Å². The van der Waals surface area contributed by atoms with Gasteiger partial charge in [0.05, 0.1) is 12.4 Å². The number of rotatable bonds is 2. The summed E-state index contributed by atoms with van der Waals surface area (Å²) in [6.07, 6.45) is 2.80. The SMILES string of the molecule is Cc1ccc(F)cc1C(=O)c1ccnnc1. The minimum Gasteiger partial charge on any atom is -0.289 e. The highest BCUT2D eigenvalue weighted by atomic mass is 19.1. The molecular weight excluding hydrogens is 207 g/mol. The Balaban J connectivity index is 2.46. The van der Waals surface area contributed by atoms with Gasteiger partial charge in [0.25, 0.3) is 0 Å². The van der Waals surface area contributed by atoms with E-state index in [4.69, 9.17) is 0 Å². The van der Waals surface area contributed by atoms with E-state index in [0.717, 1.165) is 5.56 Å². The van der Waals surface area contributed by atoms with Crippen molar-refractivity contribution in [1.29, 1.82) is 0 Å². The normalized spacial score (nSPS) is 10.1. The average Bonchev–Trinajstić information content (AvgIpc) is 2.32. The lowest BCUT2D eigenvalue weighted by Gasteiger charge is -2.04. The molecular formula is C12H9FN2O. The third-order valence-electron chi connectivity index (χ3n) is 2.29. The molecule has 4 heteroatoms. The minimum atomic E-state index is -0.420. The van der Waals surface area contributed by atoms with Crippen LogP contribution in [-0.2, 0) is 0 Å². The lowest BCUT2D eigenvalue weighted by atomic mass is 10.0. The Morgan fingerprint density at radius 3 is 2.75 bits per heavy atom. The average molecular weight is 216 g/mol. The maximum Gasteiger partial charge on any atom is 0.195 e. The number of ketones is 1. The highest BCUT2D eigenvalue weighted by Crippen LogP contribution is 2.14. The van der Waals surface area contributed by atoms with Gasteiger partial charge in [0.2, 0.25) is 0 Å². The van der Waals surface area contributed by atoms with Gasteiger partial charge in [0.15, 0.2) is 5.78 Å². The van der Waals surface area contributed by atoms with Crippen LogP contribution in [0.5, 0.6) is 0 Å². The molecule has 0 unspecified atom stereocenters. The number of aryl methyl sites for hydroxylation is 1. The van der Waals surface area contributed by atoms with Gasteiger partial charge in [-0.15, -0.1) is 0 Å². The zero-order valence-corrected chi connectivity index (χ0v) is 8.64. The first-order valence-corrected chi connectivity index (χ1v) is 4.76. The van der Waals surface area contributed by atoms with Crippen molar-refractivity contribution in [3.8, 4) is 0 Å². The van der Waals surface area contributed by atoms with Gasteiger partial charge in [-0.25, -0.2) is 4.39 Å². The monoisotopic (exact) mass is 216 g/mol. The molecule has 0 fully saturated rings. The third-order valence-corrected chi connectivity index (χ3v) is 2.29. The number of aromatic nitrogens is 2. The minimum absolute atomic E-state index is 0.244. The van der Waals surface area contributed by atoms with Gasteiger partial charge < -0.3 is 0 Å². The van der Waals surface area contributed by atoms with Gasteiger partial charge in [-0.05, 0) is 30.7 Å². The molecule has 80 valence electrons. The van der Waals surface area contributed by atoms with Crippen LogP contribution in [0.25, 0.3) is 0 Å². The van der Waals surface area contributed by atoms with E-state index in [1.807, 2.05) is 0 Å². The Morgan fingerprint density at radius 2 is 2.06 bits per heavy atom. The molecule has 0 aliphatic rings. The molecule has 0 spiro atoms. The van der Waals surface area contributed by atoms with Gasteiger partial charge in [-0.3, -0.25) is 4.79 Å². The van der Waals surface area contributed by atoms with E-state index in [0.29, 0.717) is 11.1 Å². The molecule has 0 saturated carbocycles. The Morgan fingerprint density at radius 1 is 1.25 bits per heavy atom. The van der Waals surface area contributed by atoms with Crippen LogP contribution in [0.4, 0.5) is 4.39 Å². The van der Waals surface area contributed by atoms with E-state index >= 15 is 0 Å². The third kappa shape index (κ3) is 1.95. The fraction of sp³-hybridized carbons (Fsp3) is 0.0833. The molecule has 1 aromatic heterocycles. The standard InChI is InChI=1S/C12H9FN2O/c1-8-2-3-10(13)6-11(8)12(16)9-4-5-14-15-7-9/h2-7H,1H3. The molecule has 0 saturated heterocycles. The van der Waals surface area contributed by atoms with E-state index in [1.54, 1.807) is 19.1 Å². The molecule has 0 radical (unpaired) electrons. The van der Waals surface area contributed by atoms with E-state index in [-0.39, 0.29) is 5.78 Å². The van der Waals surface area contributed by atoms with Crippen molar-refractivity contribution in [2.75, 3.05) is 0 Å². The van der Waals surface area contributed by atoms with Crippen LogP contribution in [0.2, 0.25) is 0 Å². The zero-order chi connectivity index (χ0) is 11.5. The van der Waals surface area contributed by atoms with Crippen molar-refractivity contribution in [2.24, 2.45) is 0 Å². The van der Waals surface area contributed by atoms with Crippen molar-refractivity contribution in [3.63, 3.8) is 0 Å². The van der Waals surface area contributed by atoms with Crippen molar-refractivity contribution < 1.29 is 9.18 Å². The number of hydrogen-bond acceptors (Lipinski definition) is 3. The zero-order valence-electron chi connectivity index (χ0n) is 8.64. The van der Waals surface area contributed by atoms with Crippen LogP contribution in [0.1, 0.15) is 21.5 Å². The Hall–Kier alpha value is -2.10. The quantitative estimate of drug-likeness (QED) is 0.722. The van der Waals surface area contributed by atoms with E-state index in [2.05, 4.69) is 10.2 Å². The lowest BCUT2D eigenvalue weighted by molar-refractivity contribution is 0.103. The Kier molecular flexibility index (Phi) is 2.72. The largest absolute Gasteiger partial charge is 0.289 e. The molecule has 2 aromatic rings. The maximum absolute atomic E-state index is 13.0. The van der Waals surface area contributed by atoms with Crippen LogP contribution in [0.15, 0.2) is 36.7 Å². The van der Waals surface area contributed by atoms with Crippen molar-refractivity contribution >= 4 is 5.78 Å². The summed E-state index contributed by atoms with van der Waals surface area (Å²) in [5.74, 6) is -0.664. The van der Waals surface area contributed by atoms with Crippen molar-refractivity contribution in [1.82, 2.24) is 10.2 Å².